The van der Waals surface area contributed by atoms with Crippen LogP contribution in [0.2, 0.25) is 0 Å². The van der Waals surface area contributed by atoms with Gasteiger partial charge in [-0.3, -0.25) is 28.8 Å². The molecule has 17 heteroatoms. The zero-order valence-electron chi connectivity index (χ0n) is 32.7. The Kier molecular flexibility index (Phi) is 11.0. The molecular formula is C40H51FN6O9S. The van der Waals surface area contributed by atoms with Gasteiger partial charge in [-0.1, -0.05) is 46.2 Å². The Morgan fingerprint density at radius 1 is 1.00 bits per heavy atom. The van der Waals surface area contributed by atoms with Crippen LogP contribution in [0.15, 0.2) is 42.5 Å². The van der Waals surface area contributed by atoms with Crippen LogP contribution in [0.5, 0.6) is 0 Å². The van der Waals surface area contributed by atoms with E-state index in [1.165, 1.54) is 15.9 Å². The van der Waals surface area contributed by atoms with Gasteiger partial charge in [-0.05, 0) is 66.5 Å². The number of morpholine rings is 1. The number of nitrogens with one attached hydrogen (secondary N) is 3. The van der Waals surface area contributed by atoms with Crippen molar-refractivity contribution in [3.63, 3.8) is 0 Å². The molecule has 0 spiro atoms. The van der Waals surface area contributed by atoms with E-state index in [-0.39, 0.29) is 44.3 Å². The number of fused-ring (bicyclic) bond motifs is 1. The number of halogens is 1. The van der Waals surface area contributed by atoms with Crippen LogP contribution in [0.3, 0.4) is 0 Å². The summed E-state index contributed by atoms with van der Waals surface area (Å²) in [5.74, 6) is -2.83. The summed E-state index contributed by atoms with van der Waals surface area (Å²) in [5.41, 5.74) is -0.101. The molecule has 4 fully saturated rings. The smallest absolute Gasteiger partial charge is 0.410 e. The summed E-state index contributed by atoms with van der Waals surface area (Å²) in [6, 6.07) is 9.33. The summed E-state index contributed by atoms with van der Waals surface area (Å²) in [5, 5.41) is 5.49. The Labute approximate surface area is 332 Å². The monoisotopic (exact) mass is 810 g/mol. The van der Waals surface area contributed by atoms with Crippen molar-refractivity contribution >= 4 is 45.4 Å². The first-order chi connectivity index (χ1) is 27.0. The van der Waals surface area contributed by atoms with Crippen molar-refractivity contribution in [2.75, 3.05) is 38.2 Å². The summed E-state index contributed by atoms with van der Waals surface area (Å²) >= 11 is 0. The van der Waals surface area contributed by atoms with Crippen molar-refractivity contribution in [1.29, 1.82) is 0 Å². The maximum atomic E-state index is 14.7. The van der Waals surface area contributed by atoms with Crippen LogP contribution in [0, 0.1) is 17.2 Å². The van der Waals surface area contributed by atoms with Gasteiger partial charge >= 0.3 is 6.09 Å². The molecule has 3 N–H and O–H groups in total. The molecule has 2 aromatic rings. The Morgan fingerprint density at radius 2 is 1.70 bits per heavy atom. The van der Waals surface area contributed by atoms with Crippen molar-refractivity contribution in [3.8, 4) is 0 Å². The van der Waals surface area contributed by atoms with Gasteiger partial charge in [0.05, 0.1) is 31.6 Å². The fourth-order valence-corrected chi connectivity index (χ4v) is 9.40. The largest absolute Gasteiger partial charge is 0.444 e. The molecule has 57 heavy (non-hydrogen) atoms. The number of hydrogen-bond acceptors (Lipinski definition) is 10. The SMILES string of the molecule is CCC1CC1(NC(=O)C1CC(OC(=O)N2Cc3cccc(F)c3C2)CN1C(=O)C(Nc1ccc(C(=O)N2CCOCC2)cc1)C(C)(C)C)C(=O)NS(=O)(=O)C1CC1. The standard InChI is InChI=1S/C40H51FN6O9S/c1-5-26-20-40(26,37(51)44-57(53,54)29-13-14-29)43-34(48)32-19-28(56-38(52)46-21-25-7-6-8-31(41)30(25)23-46)22-47(32)36(50)33(39(2,3)4)42-27-11-9-24(10-12-27)35(49)45-15-17-55-18-16-45/h6-12,26,28-29,32-33,42H,5,13-23H2,1-4H3,(H,43,48)(H,44,51). The first-order valence-electron chi connectivity index (χ1n) is 19.6. The lowest BCUT2D eigenvalue weighted by Gasteiger charge is -2.36. The first-order valence-corrected chi connectivity index (χ1v) is 21.2. The van der Waals surface area contributed by atoms with Gasteiger partial charge in [-0.15, -0.1) is 0 Å². The number of anilines is 1. The third-order valence-corrected chi connectivity index (χ3v) is 13.5. The molecule has 5 aliphatic rings. The molecule has 15 nitrogen and oxygen atoms in total. The minimum atomic E-state index is -3.90. The number of sulfonamides is 1. The minimum absolute atomic E-state index is 0.00672. The molecule has 2 aromatic carbocycles. The summed E-state index contributed by atoms with van der Waals surface area (Å²) in [4.78, 5) is 73.6. The average molecular weight is 811 g/mol. The fraction of sp³-hybridized carbons (Fsp3) is 0.575. The van der Waals surface area contributed by atoms with Gasteiger partial charge in [0.25, 0.3) is 11.8 Å². The molecule has 5 unspecified atom stereocenters. The molecule has 2 aliphatic carbocycles. The number of rotatable bonds is 11. The average Bonchev–Trinajstić information content (AvgIpc) is 4.07. The number of benzene rings is 2. The lowest BCUT2D eigenvalue weighted by atomic mass is 9.85. The van der Waals surface area contributed by atoms with Crippen LogP contribution in [-0.4, -0.2) is 115 Å². The van der Waals surface area contributed by atoms with Crippen LogP contribution in [-0.2, 0) is 47.0 Å². The van der Waals surface area contributed by atoms with Gasteiger partial charge in [-0.25, -0.2) is 17.6 Å². The van der Waals surface area contributed by atoms with E-state index in [2.05, 4.69) is 15.4 Å². The molecule has 0 bridgehead atoms. The predicted octanol–water partition coefficient (Wildman–Crippen LogP) is 3.14. The van der Waals surface area contributed by atoms with E-state index in [9.17, 15) is 36.8 Å². The lowest BCUT2D eigenvalue weighted by Crippen LogP contribution is -2.58. The van der Waals surface area contributed by atoms with Crippen molar-refractivity contribution in [3.05, 3.63) is 65.0 Å². The Morgan fingerprint density at radius 3 is 2.32 bits per heavy atom. The van der Waals surface area contributed by atoms with Gasteiger partial charge in [0.2, 0.25) is 21.8 Å². The zero-order valence-corrected chi connectivity index (χ0v) is 33.5. The highest BCUT2D eigenvalue weighted by Gasteiger charge is 2.62. The number of nitrogens with zero attached hydrogens (tertiary/aromatic N) is 3. The molecular weight excluding hydrogens is 760 g/mol. The third kappa shape index (κ3) is 8.45. The van der Waals surface area contributed by atoms with Crippen LogP contribution >= 0.6 is 0 Å². The van der Waals surface area contributed by atoms with Gasteiger partial charge in [0.1, 0.15) is 29.5 Å². The predicted molar refractivity (Wildman–Crippen MR) is 205 cm³/mol. The number of ether oxygens (including phenoxy) is 2. The Balaban J connectivity index is 1.11. The molecule has 3 aliphatic heterocycles. The summed E-state index contributed by atoms with van der Waals surface area (Å²) < 4.78 is 53.4. The van der Waals surface area contributed by atoms with Gasteiger partial charge < -0.3 is 29.9 Å². The maximum absolute atomic E-state index is 14.7. The van der Waals surface area contributed by atoms with Crippen molar-refractivity contribution < 1.29 is 46.3 Å². The lowest BCUT2D eigenvalue weighted by molar-refractivity contribution is -0.141. The van der Waals surface area contributed by atoms with Crippen LogP contribution in [0.25, 0.3) is 0 Å². The van der Waals surface area contributed by atoms with Gasteiger partial charge in [0.15, 0.2) is 0 Å². The Bertz CT molecular complexity index is 2030. The van der Waals surface area contributed by atoms with Gasteiger partial charge in [0, 0.05) is 42.9 Å². The molecule has 0 aromatic heterocycles. The highest BCUT2D eigenvalue weighted by atomic mass is 32.2. The topological polar surface area (TPSA) is 184 Å². The molecule has 7 rings (SSSR count). The molecule has 0 radical (unpaired) electrons. The Hall–Kier alpha value is -4.77. The molecule has 2 saturated heterocycles. The number of carbonyl (C=O) groups excluding carboxylic acids is 5. The van der Waals surface area contributed by atoms with Crippen molar-refractivity contribution in [2.45, 2.75) is 102 Å². The zero-order chi connectivity index (χ0) is 40.9. The number of carbonyl (C=O) groups is 5. The number of hydrogen-bond donors (Lipinski definition) is 3. The molecule has 308 valence electrons. The second kappa shape index (κ2) is 15.5. The fourth-order valence-electron chi connectivity index (χ4n) is 8.04. The summed E-state index contributed by atoms with van der Waals surface area (Å²) in [7, 11) is -3.90. The molecule has 2 saturated carbocycles. The summed E-state index contributed by atoms with van der Waals surface area (Å²) in [6.07, 6.45) is -0.122. The van der Waals surface area contributed by atoms with Crippen molar-refractivity contribution in [1.82, 2.24) is 24.7 Å². The van der Waals surface area contributed by atoms with Gasteiger partial charge in [-0.2, -0.15) is 0 Å². The van der Waals surface area contributed by atoms with E-state index < -0.39 is 74.0 Å². The maximum Gasteiger partial charge on any atom is 0.410 e. The quantitative estimate of drug-likeness (QED) is 0.305. The van der Waals surface area contributed by atoms with Crippen molar-refractivity contribution in [2.24, 2.45) is 11.3 Å². The van der Waals surface area contributed by atoms with Crippen LogP contribution in [0.4, 0.5) is 14.9 Å². The van der Waals surface area contributed by atoms with E-state index in [0.717, 1.165) is 0 Å². The third-order valence-electron chi connectivity index (χ3n) is 11.7. The van der Waals surface area contributed by atoms with E-state index in [1.54, 1.807) is 41.3 Å². The van der Waals surface area contributed by atoms with E-state index in [4.69, 9.17) is 9.47 Å². The number of likely N-dealkylation sites (tertiary alicyclic amines) is 1. The van der Waals surface area contributed by atoms with E-state index in [0.29, 0.717) is 67.9 Å². The molecule has 5 atom stereocenters. The molecule has 5 amide bonds. The highest BCUT2D eigenvalue weighted by molar-refractivity contribution is 7.91. The summed E-state index contributed by atoms with van der Waals surface area (Å²) in [6.45, 7) is 9.36. The molecule has 3 heterocycles. The second-order valence-electron chi connectivity index (χ2n) is 16.9. The minimum Gasteiger partial charge on any atom is -0.444 e. The van der Waals surface area contributed by atoms with Crippen LogP contribution < -0.4 is 15.4 Å². The second-order valence-corrected chi connectivity index (χ2v) is 18.8. The first kappa shape index (κ1) is 40.4. The number of amides is 5. The van der Waals surface area contributed by atoms with E-state index in [1.807, 2.05) is 27.7 Å². The van der Waals surface area contributed by atoms with E-state index >= 15 is 0 Å². The normalized spacial score (nSPS) is 25.0. The van der Waals surface area contributed by atoms with Crippen LogP contribution in [0.1, 0.15) is 81.3 Å². The highest BCUT2D eigenvalue weighted by Crippen LogP contribution is 2.47.